The largest absolute Gasteiger partial charge is 0.405 e. The monoisotopic (exact) mass is 176 g/mol. The standard InChI is InChI=1S/C4H7F3O2S/c1-3(4(5,6)7)10(2,8)9/h3H,1-2H3. The van der Waals surface area contributed by atoms with Crippen LogP contribution in [0, 0.1) is 0 Å². The predicted octanol–water partition coefficient (Wildman–Crippen LogP) is 0.982. The van der Waals surface area contributed by atoms with Gasteiger partial charge in [-0.25, -0.2) is 8.42 Å². The van der Waals surface area contributed by atoms with Crippen molar-refractivity contribution in [2.45, 2.75) is 18.3 Å². The van der Waals surface area contributed by atoms with Crippen LogP contribution in [0.25, 0.3) is 0 Å². The van der Waals surface area contributed by atoms with Gasteiger partial charge in [-0.2, -0.15) is 13.2 Å². The summed E-state index contributed by atoms with van der Waals surface area (Å²) >= 11 is 0. The minimum atomic E-state index is -4.65. The third-order valence-corrected chi connectivity index (χ3v) is 2.65. The highest BCUT2D eigenvalue weighted by Gasteiger charge is 2.42. The summed E-state index contributed by atoms with van der Waals surface area (Å²) in [4.78, 5) is 0. The maximum absolute atomic E-state index is 11.6. The molecule has 0 spiro atoms. The minimum Gasteiger partial charge on any atom is -0.229 e. The highest BCUT2D eigenvalue weighted by Crippen LogP contribution is 2.24. The molecule has 0 N–H and O–H groups in total. The Bertz CT molecular complexity index is 203. The van der Waals surface area contributed by atoms with E-state index in [1.165, 1.54) is 0 Å². The van der Waals surface area contributed by atoms with E-state index in [9.17, 15) is 21.6 Å². The lowest BCUT2D eigenvalue weighted by molar-refractivity contribution is -0.126. The van der Waals surface area contributed by atoms with Crippen LogP contribution in [-0.4, -0.2) is 26.1 Å². The van der Waals surface area contributed by atoms with E-state index < -0.39 is 21.3 Å². The molecule has 62 valence electrons. The van der Waals surface area contributed by atoms with Crippen molar-refractivity contribution in [2.24, 2.45) is 0 Å². The molecule has 6 heteroatoms. The Balaban J connectivity index is 4.56. The number of halogens is 3. The van der Waals surface area contributed by atoms with Gasteiger partial charge in [0.2, 0.25) is 0 Å². The lowest BCUT2D eigenvalue weighted by Crippen LogP contribution is -2.32. The van der Waals surface area contributed by atoms with Gasteiger partial charge in [-0.15, -0.1) is 0 Å². The molecule has 1 atom stereocenters. The average Bonchev–Trinajstić information content (AvgIpc) is 1.59. The van der Waals surface area contributed by atoms with E-state index in [0.29, 0.717) is 13.2 Å². The SMILES string of the molecule is CC(C(F)(F)F)S(C)(=O)=O. The van der Waals surface area contributed by atoms with Crippen LogP contribution in [0.2, 0.25) is 0 Å². The van der Waals surface area contributed by atoms with Gasteiger partial charge in [0.25, 0.3) is 0 Å². The zero-order valence-electron chi connectivity index (χ0n) is 5.44. The summed E-state index contributed by atoms with van der Waals surface area (Å²) in [7, 11) is -3.99. The highest BCUT2D eigenvalue weighted by molar-refractivity contribution is 7.91. The van der Waals surface area contributed by atoms with Gasteiger partial charge in [-0.05, 0) is 6.92 Å². The molecule has 0 fully saturated rings. The van der Waals surface area contributed by atoms with E-state index in [2.05, 4.69) is 0 Å². The van der Waals surface area contributed by atoms with Crippen molar-refractivity contribution < 1.29 is 21.6 Å². The molecule has 0 rings (SSSR count). The van der Waals surface area contributed by atoms with Gasteiger partial charge in [-0.3, -0.25) is 0 Å². The molecule has 0 aromatic heterocycles. The van der Waals surface area contributed by atoms with Crippen molar-refractivity contribution in [3.63, 3.8) is 0 Å². The highest BCUT2D eigenvalue weighted by atomic mass is 32.2. The molecule has 1 unspecified atom stereocenters. The van der Waals surface area contributed by atoms with Gasteiger partial charge < -0.3 is 0 Å². The second-order valence-electron chi connectivity index (χ2n) is 2.01. The van der Waals surface area contributed by atoms with E-state index in [0.717, 1.165) is 0 Å². The molecule has 2 nitrogen and oxygen atoms in total. The van der Waals surface area contributed by atoms with Crippen LogP contribution in [0.15, 0.2) is 0 Å². The van der Waals surface area contributed by atoms with Crippen molar-refractivity contribution in [1.29, 1.82) is 0 Å². The third kappa shape index (κ3) is 2.55. The molecule has 0 aliphatic carbocycles. The molecular formula is C4H7F3O2S. The van der Waals surface area contributed by atoms with Crippen LogP contribution >= 0.6 is 0 Å². The predicted molar refractivity (Wildman–Crippen MR) is 30.4 cm³/mol. The minimum absolute atomic E-state index is 0.561. The fraction of sp³-hybridized carbons (Fsp3) is 1.00. The number of hydrogen-bond acceptors (Lipinski definition) is 2. The molecule has 0 aliphatic rings. The van der Waals surface area contributed by atoms with E-state index in [1.807, 2.05) is 0 Å². The van der Waals surface area contributed by atoms with Crippen LogP contribution < -0.4 is 0 Å². The van der Waals surface area contributed by atoms with E-state index >= 15 is 0 Å². The van der Waals surface area contributed by atoms with Gasteiger partial charge in [0.05, 0.1) is 0 Å². The molecule has 0 radical (unpaired) electrons. The lowest BCUT2D eigenvalue weighted by atomic mass is 10.5. The molecule has 0 saturated carbocycles. The van der Waals surface area contributed by atoms with E-state index in [4.69, 9.17) is 0 Å². The molecule has 0 bridgehead atoms. The molecule has 0 aromatic rings. The first-order chi connectivity index (χ1) is 4.15. The van der Waals surface area contributed by atoms with Gasteiger partial charge in [0.1, 0.15) is 0 Å². The van der Waals surface area contributed by atoms with Crippen LogP contribution in [-0.2, 0) is 9.84 Å². The Morgan fingerprint density at radius 2 is 1.60 bits per heavy atom. The second-order valence-corrected chi connectivity index (χ2v) is 4.38. The fourth-order valence-corrected chi connectivity index (χ4v) is 0.728. The van der Waals surface area contributed by atoms with Crippen LogP contribution in [0.3, 0.4) is 0 Å². The number of sulfone groups is 1. The van der Waals surface area contributed by atoms with Crippen molar-refractivity contribution in [1.82, 2.24) is 0 Å². The van der Waals surface area contributed by atoms with Gasteiger partial charge in [-0.1, -0.05) is 0 Å². The summed E-state index contributed by atoms with van der Waals surface area (Å²) in [6, 6.07) is 0. The maximum Gasteiger partial charge on any atom is 0.405 e. The summed E-state index contributed by atoms with van der Waals surface area (Å²) in [5, 5.41) is -2.26. The zero-order chi connectivity index (χ0) is 8.58. The summed E-state index contributed by atoms with van der Waals surface area (Å²) in [6.07, 6.45) is -4.08. The maximum atomic E-state index is 11.6. The number of alkyl halides is 3. The van der Waals surface area contributed by atoms with Gasteiger partial charge in [0, 0.05) is 6.26 Å². The smallest absolute Gasteiger partial charge is 0.229 e. The molecular weight excluding hydrogens is 169 g/mol. The van der Waals surface area contributed by atoms with Crippen LogP contribution in [0.4, 0.5) is 13.2 Å². The molecule has 10 heavy (non-hydrogen) atoms. The van der Waals surface area contributed by atoms with Gasteiger partial charge in [0.15, 0.2) is 15.1 Å². The van der Waals surface area contributed by atoms with Crippen molar-refractivity contribution in [2.75, 3.05) is 6.26 Å². The second kappa shape index (κ2) is 2.41. The number of hydrogen-bond donors (Lipinski definition) is 0. The van der Waals surface area contributed by atoms with Crippen molar-refractivity contribution >= 4 is 9.84 Å². The third-order valence-electron chi connectivity index (χ3n) is 1.10. The Kier molecular flexibility index (Phi) is 2.35. The molecule has 0 amide bonds. The lowest BCUT2D eigenvalue weighted by Gasteiger charge is -2.12. The quantitative estimate of drug-likeness (QED) is 0.596. The first-order valence-electron chi connectivity index (χ1n) is 2.41. The Labute approximate surface area is 57.0 Å². The molecule has 0 saturated heterocycles. The fourth-order valence-electron chi connectivity index (χ4n) is 0.243. The van der Waals surface area contributed by atoms with Gasteiger partial charge >= 0.3 is 6.18 Å². The van der Waals surface area contributed by atoms with Crippen LogP contribution in [0.1, 0.15) is 6.92 Å². The normalized spacial score (nSPS) is 16.9. The van der Waals surface area contributed by atoms with Crippen LogP contribution in [0.5, 0.6) is 0 Å². The molecule has 0 heterocycles. The Morgan fingerprint density at radius 3 is 1.60 bits per heavy atom. The first kappa shape index (κ1) is 9.74. The molecule has 0 aliphatic heterocycles. The van der Waals surface area contributed by atoms with Crippen molar-refractivity contribution in [3.05, 3.63) is 0 Å². The van der Waals surface area contributed by atoms with E-state index in [-0.39, 0.29) is 0 Å². The van der Waals surface area contributed by atoms with E-state index in [1.54, 1.807) is 0 Å². The average molecular weight is 176 g/mol. The Morgan fingerprint density at radius 1 is 1.30 bits per heavy atom. The summed E-state index contributed by atoms with van der Waals surface area (Å²) in [5.41, 5.74) is 0. The zero-order valence-corrected chi connectivity index (χ0v) is 6.25. The summed E-state index contributed by atoms with van der Waals surface area (Å²) < 4.78 is 55.2. The first-order valence-corrected chi connectivity index (χ1v) is 4.36. The summed E-state index contributed by atoms with van der Waals surface area (Å²) in [6.45, 7) is 0.620. The number of rotatable bonds is 1. The topological polar surface area (TPSA) is 34.1 Å². The van der Waals surface area contributed by atoms with Crippen molar-refractivity contribution in [3.8, 4) is 0 Å². The Hall–Kier alpha value is -0.260. The summed E-state index contributed by atoms with van der Waals surface area (Å²) in [5.74, 6) is 0. The molecule has 0 aromatic carbocycles.